The Kier molecular flexibility index (Phi) is 2.01. The summed E-state index contributed by atoms with van der Waals surface area (Å²) in [6, 6.07) is 0. The van der Waals surface area contributed by atoms with Crippen molar-refractivity contribution in [3.05, 3.63) is 0 Å². The third kappa shape index (κ3) is 3.82. The summed E-state index contributed by atoms with van der Waals surface area (Å²) in [7, 11) is 0. The lowest BCUT2D eigenvalue weighted by atomic mass is 10.8. The molecule has 0 aliphatic heterocycles. The van der Waals surface area contributed by atoms with Crippen LogP contribution in [-0.4, -0.2) is 6.54 Å². The first kappa shape index (κ1) is 4.82. The van der Waals surface area contributed by atoms with Crippen LogP contribution in [0.3, 0.4) is 0 Å². The van der Waals surface area contributed by atoms with Gasteiger partial charge in [-0.15, -0.1) is 0 Å². The van der Waals surface area contributed by atoms with Crippen molar-refractivity contribution in [2.45, 2.75) is 6.92 Å². The van der Waals surface area contributed by atoms with Crippen LogP contribution in [0, 0.1) is 0 Å². The molecule has 0 saturated carbocycles. The summed E-state index contributed by atoms with van der Waals surface area (Å²) in [6.45, 7) is 1.18. The molecule has 0 bridgehead atoms. The van der Waals surface area contributed by atoms with E-state index in [0.717, 1.165) is 0 Å². The van der Waals surface area contributed by atoms with E-state index in [-0.39, 0.29) is 6.54 Å². The average molecular weight is 81.1 g/mol. The van der Waals surface area contributed by atoms with Crippen molar-refractivity contribution in [2.24, 2.45) is 0 Å². The first-order valence-corrected chi connectivity index (χ1v) is 1.36. The fraction of sp³-hybridized carbons (Fsp3) is 1.00. The van der Waals surface area contributed by atoms with Crippen molar-refractivity contribution >= 4 is 0 Å². The molecule has 5 heavy (non-hydrogen) atoms. The SMILES string of the molecule is CC[N+](F)F. The molecular weight excluding hydrogens is 76.0 g/mol. The minimum Gasteiger partial charge on any atom is -0.00174 e. The van der Waals surface area contributed by atoms with Crippen molar-refractivity contribution in [1.29, 1.82) is 0 Å². The van der Waals surface area contributed by atoms with Gasteiger partial charge >= 0.3 is 0 Å². The van der Waals surface area contributed by atoms with Gasteiger partial charge in [0.1, 0.15) is 8.96 Å². The number of nitrogens with zero attached hydrogens (tertiary/aromatic N) is 1. The standard InChI is InChI=1S/C2H5F2N/c1-2-5(3)4/h2H2,1H3/q+1. The normalized spacial score (nSPS) is 9.60. The minimum atomic E-state index is -0.875. The molecule has 31 valence electrons. The van der Waals surface area contributed by atoms with Gasteiger partial charge in [0.25, 0.3) is 5.34 Å². The summed E-state index contributed by atoms with van der Waals surface area (Å²) in [5.74, 6) is 0. The Morgan fingerprint density at radius 3 is 1.80 bits per heavy atom. The van der Waals surface area contributed by atoms with E-state index in [1.54, 1.807) is 0 Å². The smallest absolute Gasteiger partial charge is 0.00174 e. The highest BCUT2D eigenvalue weighted by molar-refractivity contribution is 4.13. The molecule has 0 atom stereocenters. The van der Waals surface area contributed by atoms with Crippen LogP contribution in [0.25, 0.3) is 0 Å². The summed E-state index contributed by atoms with van der Waals surface area (Å²) in [4.78, 5) is 0. The van der Waals surface area contributed by atoms with E-state index >= 15 is 0 Å². The molecule has 1 radical (unpaired) electrons. The van der Waals surface area contributed by atoms with Gasteiger partial charge in [-0.3, -0.25) is 0 Å². The first-order valence-electron chi connectivity index (χ1n) is 1.36. The van der Waals surface area contributed by atoms with E-state index in [2.05, 4.69) is 0 Å². The highest BCUT2D eigenvalue weighted by Gasteiger charge is 2.05. The second kappa shape index (κ2) is 2.08. The van der Waals surface area contributed by atoms with Crippen LogP contribution < -0.4 is 5.34 Å². The molecule has 0 aromatic heterocycles. The number of hydrogen-bond donors (Lipinski definition) is 0. The van der Waals surface area contributed by atoms with Crippen LogP contribution in [0.4, 0.5) is 8.96 Å². The Hall–Kier alpha value is -0.180. The van der Waals surface area contributed by atoms with Gasteiger partial charge in [-0.1, -0.05) is 0 Å². The second-order valence-corrected chi connectivity index (χ2v) is 0.619. The molecule has 0 aromatic carbocycles. The lowest BCUT2D eigenvalue weighted by Crippen LogP contribution is -2.03. The van der Waals surface area contributed by atoms with Crippen molar-refractivity contribution in [1.82, 2.24) is 5.34 Å². The number of hydrogen-bond acceptors (Lipinski definition) is 1. The minimum absolute atomic E-state index is 0.194. The summed E-state index contributed by atoms with van der Waals surface area (Å²) >= 11 is 0. The molecule has 0 aliphatic rings. The Bertz CT molecular complexity index is 21.6. The molecular formula is C2H5F2N+. The van der Waals surface area contributed by atoms with Crippen LogP contribution in [0.15, 0.2) is 0 Å². The molecule has 0 heterocycles. The van der Waals surface area contributed by atoms with Gasteiger partial charge < -0.3 is 0 Å². The van der Waals surface area contributed by atoms with Gasteiger partial charge in [-0.05, 0) is 6.92 Å². The topological polar surface area (TPSA) is 5.90 Å². The molecule has 3 heteroatoms. The van der Waals surface area contributed by atoms with Crippen LogP contribution in [0.5, 0.6) is 0 Å². The quantitative estimate of drug-likeness (QED) is 0.414. The molecule has 0 amide bonds. The molecule has 1 nitrogen and oxygen atoms in total. The highest BCUT2D eigenvalue weighted by atomic mass is 19.4. The first-order chi connectivity index (χ1) is 2.27. The molecule has 0 saturated heterocycles. The Morgan fingerprint density at radius 2 is 1.80 bits per heavy atom. The molecule has 0 unspecified atom stereocenters. The predicted molar refractivity (Wildman–Crippen MR) is 14.9 cm³/mol. The zero-order chi connectivity index (χ0) is 4.28. The third-order valence-corrected chi connectivity index (χ3v) is 0.239. The Balaban J connectivity index is 2.54. The van der Waals surface area contributed by atoms with Gasteiger partial charge in [0.05, 0.1) is 0 Å². The van der Waals surface area contributed by atoms with Crippen molar-refractivity contribution < 1.29 is 8.96 Å². The van der Waals surface area contributed by atoms with Gasteiger partial charge in [0.15, 0.2) is 0 Å². The second-order valence-electron chi connectivity index (χ2n) is 0.619. The van der Waals surface area contributed by atoms with Gasteiger partial charge in [-0.25, -0.2) is 0 Å². The zero-order valence-corrected chi connectivity index (χ0v) is 2.91. The lowest BCUT2D eigenvalue weighted by molar-refractivity contribution is -0.0334. The summed E-state index contributed by atoms with van der Waals surface area (Å²) in [5.41, 5.74) is 0. The maximum absolute atomic E-state index is 10.6. The van der Waals surface area contributed by atoms with Gasteiger partial charge in [0, 0.05) is 0 Å². The highest BCUT2D eigenvalue weighted by Crippen LogP contribution is 1.76. The van der Waals surface area contributed by atoms with Crippen molar-refractivity contribution in [2.75, 3.05) is 6.54 Å². The number of halogens is 2. The molecule has 0 fully saturated rings. The fourth-order valence-electron chi connectivity index (χ4n) is 0. The zero-order valence-electron chi connectivity index (χ0n) is 2.91. The maximum atomic E-state index is 10.6. The number of rotatable bonds is 1. The molecule has 0 aromatic rings. The maximum Gasteiger partial charge on any atom is 0.268 e. The van der Waals surface area contributed by atoms with Crippen LogP contribution >= 0.6 is 0 Å². The van der Waals surface area contributed by atoms with E-state index in [9.17, 15) is 8.96 Å². The van der Waals surface area contributed by atoms with Crippen molar-refractivity contribution in [3.63, 3.8) is 0 Å². The summed E-state index contributed by atoms with van der Waals surface area (Å²) < 4.78 is 21.2. The third-order valence-electron chi connectivity index (χ3n) is 0.239. The largest absolute Gasteiger partial charge is 0.268 e. The van der Waals surface area contributed by atoms with Crippen LogP contribution in [0.2, 0.25) is 0 Å². The monoisotopic (exact) mass is 81.0 g/mol. The Morgan fingerprint density at radius 1 is 1.60 bits per heavy atom. The van der Waals surface area contributed by atoms with Crippen LogP contribution in [0.1, 0.15) is 6.92 Å². The van der Waals surface area contributed by atoms with Gasteiger partial charge in [-0.2, -0.15) is 0 Å². The Labute approximate surface area is 29.1 Å². The van der Waals surface area contributed by atoms with E-state index in [4.69, 9.17) is 0 Å². The van der Waals surface area contributed by atoms with E-state index in [1.165, 1.54) is 6.92 Å². The van der Waals surface area contributed by atoms with E-state index in [1.807, 2.05) is 0 Å². The van der Waals surface area contributed by atoms with E-state index < -0.39 is 5.34 Å². The summed E-state index contributed by atoms with van der Waals surface area (Å²) in [5, 5.41) is -0.875. The lowest BCUT2D eigenvalue weighted by Gasteiger charge is -1.65. The van der Waals surface area contributed by atoms with Gasteiger partial charge in [0.2, 0.25) is 6.54 Å². The van der Waals surface area contributed by atoms with E-state index in [0.29, 0.717) is 0 Å². The summed E-state index contributed by atoms with van der Waals surface area (Å²) in [6.07, 6.45) is 0. The average Bonchev–Trinajstić information content (AvgIpc) is 1.38. The molecule has 0 rings (SSSR count). The molecule has 0 N–H and O–H groups in total. The molecule has 0 spiro atoms. The fourth-order valence-corrected chi connectivity index (χ4v) is 0. The molecule has 0 aliphatic carbocycles. The van der Waals surface area contributed by atoms with Crippen LogP contribution in [-0.2, 0) is 0 Å². The van der Waals surface area contributed by atoms with Crippen molar-refractivity contribution in [3.8, 4) is 0 Å². The predicted octanol–water partition coefficient (Wildman–Crippen LogP) is 0.915.